The van der Waals surface area contributed by atoms with E-state index in [1.165, 1.54) is 16.9 Å². The number of aryl methyl sites for hydroxylation is 2. The molecule has 6 nitrogen and oxygen atoms in total. The number of nitrogens with zero attached hydrogens (tertiary/aromatic N) is 5. The molecule has 0 fully saturated rings. The van der Waals surface area contributed by atoms with Gasteiger partial charge in [-0.05, 0) is 38.3 Å². The number of amides is 1. The summed E-state index contributed by atoms with van der Waals surface area (Å²) in [5.74, 6) is 1.07. The van der Waals surface area contributed by atoms with E-state index in [0.717, 1.165) is 55.1 Å². The lowest BCUT2D eigenvalue weighted by atomic mass is 10.0. The van der Waals surface area contributed by atoms with Crippen molar-refractivity contribution in [3.8, 4) is 0 Å². The van der Waals surface area contributed by atoms with Crippen LogP contribution in [0.15, 0.2) is 18.8 Å². The Morgan fingerprint density at radius 2 is 2.04 bits per heavy atom. The minimum Gasteiger partial charge on any atom is -0.338 e. The molecule has 0 aliphatic carbocycles. The number of hydrogen-bond donors (Lipinski definition) is 0. The molecule has 0 saturated carbocycles. The molecule has 0 radical (unpaired) electrons. The molecule has 136 valence electrons. The van der Waals surface area contributed by atoms with E-state index in [9.17, 15) is 4.79 Å². The second-order valence-electron chi connectivity index (χ2n) is 7.30. The van der Waals surface area contributed by atoms with Crippen molar-refractivity contribution in [3.63, 3.8) is 0 Å². The van der Waals surface area contributed by atoms with E-state index in [1.54, 1.807) is 6.92 Å². The number of fused-ring (bicyclic) bond motifs is 2. The Hall–Kier alpha value is -2.63. The molecule has 0 saturated heterocycles. The number of aromatic nitrogens is 3. The summed E-state index contributed by atoms with van der Waals surface area (Å²) in [6, 6.07) is 2.15. The number of carbonyl (C=O) groups excluding carboxylic acids is 1. The van der Waals surface area contributed by atoms with Crippen LogP contribution in [0, 0.1) is 6.92 Å². The van der Waals surface area contributed by atoms with Gasteiger partial charge in [0.25, 0.3) is 0 Å². The molecule has 2 aliphatic rings. The lowest BCUT2D eigenvalue weighted by Gasteiger charge is -2.32. The van der Waals surface area contributed by atoms with Crippen molar-refractivity contribution in [1.82, 2.24) is 19.7 Å². The lowest BCUT2D eigenvalue weighted by Crippen LogP contribution is -2.35. The Bertz CT molecular complexity index is 898. The van der Waals surface area contributed by atoms with Gasteiger partial charge in [-0.2, -0.15) is 0 Å². The molecule has 0 bridgehead atoms. The minimum absolute atomic E-state index is 0.115. The van der Waals surface area contributed by atoms with E-state index in [2.05, 4.69) is 22.5 Å². The normalized spacial score (nSPS) is 16.3. The van der Waals surface area contributed by atoms with Gasteiger partial charge in [0, 0.05) is 55.3 Å². The second-order valence-corrected chi connectivity index (χ2v) is 7.30. The van der Waals surface area contributed by atoms with Gasteiger partial charge in [0.15, 0.2) is 5.82 Å². The summed E-state index contributed by atoms with van der Waals surface area (Å²) >= 11 is 0. The molecule has 1 amide bonds. The summed E-state index contributed by atoms with van der Waals surface area (Å²) in [4.78, 5) is 20.6. The second kappa shape index (κ2) is 6.27. The standard InChI is InChI=1S/C20H25N5O/c1-13(2)25-18-7-9-23(15(4)26)12-17(18)20(22-25)24-8-5-6-16-11-21-14(3)10-19(16)24/h10-11H,1,5-9,12H2,2-4H3. The third kappa shape index (κ3) is 2.69. The fourth-order valence-electron chi connectivity index (χ4n) is 3.99. The highest BCUT2D eigenvalue weighted by Gasteiger charge is 2.31. The molecule has 0 atom stereocenters. The summed E-state index contributed by atoms with van der Waals surface area (Å²) in [6.45, 7) is 12.0. The monoisotopic (exact) mass is 351 g/mol. The number of hydrogen-bond acceptors (Lipinski definition) is 4. The Kier molecular flexibility index (Phi) is 4.05. The molecular formula is C20H25N5O. The molecule has 0 unspecified atom stereocenters. The summed E-state index contributed by atoms with van der Waals surface area (Å²) in [7, 11) is 0. The van der Waals surface area contributed by atoms with Crippen molar-refractivity contribution in [1.29, 1.82) is 0 Å². The summed E-state index contributed by atoms with van der Waals surface area (Å²) in [6.07, 6.45) is 4.91. The molecule has 0 spiro atoms. The van der Waals surface area contributed by atoms with Gasteiger partial charge >= 0.3 is 0 Å². The molecule has 26 heavy (non-hydrogen) atoms. The van der Waals surface area contributed by atoms with Gasteiger partial charge in [0.05, 0.1) is 12.2 Å². The molecule has 4 rings (SSSR count). The summed E-state index contributed by atoms with van der Waals surface area (Å²) in [5, 5.41) is 4.92. The van der Waals surface area contributed by atoms with Crippen molar-refractivity contribution in [2.75, 3.05) is 18.0 Å². The van der Waals surface area contributed by atoms with Crippen LogP contribution in [0.5, 0.6) is 0 Å². The average Bonchev–Trinajstić information content (AvgIpc) is 3.00. The third-order valence-corrected chi connectivity index (χ3v) is 5.32. The molecule has 6 heteroatoms. The number of anilines is 2. The van der Waals surface area contributed by atoms with Gasteiger partial charge in [-0.25, -0.2) is 4.68 Å². The number of carbonyl (C=O) groups is 1. The zero-order chi connectivity index (χ0) is 18.4. The van der Waals surface area contributed by atoms with Gasteiger partial charge in [-0.1, -0.05) is 6.58 Å². The Morgan fingerprint density at radius 3 is 2.77 bits per heavy atom. The fourth-order valence-corrected chi connectivity index (χ4v) is 3.99. The lowest BCUT2D eigenvalue weighted by molar-refractivity contribution is -0.129. The highest BCUT2D eigenvalue weighted by molar-refractivity contribution is 5.75. The van der Waals surface area contributed by atoms with Crippen molar-refractivity contribution in [3.05, 3.63) is 41.4 Å². The topological polar surface area (TPSA) is 54.3 Å². The van der Waals surface area contributed by atoms with E-state index in [0.29, 0.717) is 6.54 Å². The first-order chi connectivity index (χ1) is 12.5. The first-order valence-electron chi connectivity index (χ1n) is 9.21. The van der Waals surface area contributed by atoms with Crippen LogP contribution < -0.4 is 4.90 Å². The number of rotatable bonds is 2. The Labute approximate surface area is 154 Å². The van der Waals surface area contributed by atoms with Gasteiger partial charge in [0.1, 0.15) is 0 Å². The molecule has 2 aromatic rings. The molecule has 2 aliphatic heterocycles. The zero-order valence-electron chi connectivity index (χ0n) is 15.7. The summed E-state index contributed by atoms with van der Waals surface area (Å²) in [5.41, 5.74) is 6.71. The third-order valence-electron chi connectivity index (χ3n) is 5.32. The Morgan fingerprint density at radius 1 is 1.23 bits per heavy atom. The van der Waals surface area contributed by atoms with E-state index < -0.39 is 0 Å². The zero-order valence-corrected chi connectivity index (χ0v) is 15.7. The van der Waals surface area contributed by atoms with E-state index >= 15 is 0 Å². The molecule has 2 aromatic heterocycles. The van der Waals surface area contributed by atoms with Gasteiger partial charge in [0.2, 0.25) is 5.91 Å². The van der Waals surface area contributed by atoms with E-state index in [4.69, 9.17) is 5.10 Å². The maximum atomic E-state index is 11.9. The highest BCUT2D eigenvalue weighted by Crippen LogP contribution is 2.38. The first kappa shape index (κ1) is 16.8. The SMILES string of the molecule is C=C(C)n1nc(N2CCCc3cnc(C)cc32)c2c1CCN(C(C)=O)C2. The van der Waals surface area contributed by atoms with Gasteiger partial charge < -0.3 is 9.80 Å². The van der Waals surface area contributed by atoms with Gasteiger partial charge in [-0.3, -0.25) is 9.78 Å². The van der Waals surface area contributed by atoms with Crippen molar-refractivity contribution >= 4 is 23.1 Å². The molecule has 4 heterocycles. The van der Waals surface area contributed by atoms with Crippen LogP contribution in [0.2, 0.25) is 0 Å². The predicted molar refractivity (Wildman–Crippen MR) is 102 cm³/mol. The van der Waals surface area contributed by atoms with E-state index in [1.807, 2.05) is 29.6 Å². The fraction of sp³-hybridized carbons (Fsp3) is 0.450. The minimum atomic E-state index is 0.115. The molecular weight excluding hydrogens is 326 g/mol. The average molecular weight is 351 g/mol. The number of allylic oxidation sites excluding steroid dienone is 1. The van der Waals surface area contributed by atoms with Crippen LogP contribution in [-0.4, -0.2) is 38.7 Å². The van der Waals surface area contributed by atoms with Crippen molar-refractivity contribution in [2.24, 2.45) is 0 Å². The quantitative estimate of drug-likeness (QED) is 0.834. The van der Waals surface area contributed by atoms with Crippen molar-refractivity contribution < 1.29 is 4.79 Å². The first-order valence-corrected chi connectivity index (χ1v) is 9.21. The summed E-state index contributed by atoms with van der Waals surface area (Å²) < 4.78 is 1.96. The van der Waals surface area contributed by atoms with Crippen molar-refractivity contribution in [2.45, 2.75) is 46.6 Å². The molecule has 0 aromatic carbocycles. The van der Waals surface area contributed by atoms with Crippen LogP contribution in [0.4, 0.5) is 11.5 Å². The number of pyridine rings is 1. The maximum Gasteiger partial charge on any atom is 0.219 e. The van der Waals surface area contributed by atoms with Gasteiger partial charge in [-0.15, -0.1) is 5.10 Å². The van der Waals surface area contributed by atoms with Crippen LogP contribution in [0.25, 0.3) is 5.70 Å². The smallest absolute Gasteiger partial charge is 0.219 e. The van der Waals surface area contributed by atoms with Crippen LogP contribution >= 0.6 is 0 Å². The largest absolute Gasteiger partial charge is 0.338 e. The van der Waals surface area contributed by atoms with E-state index in [-0.39, 0.29) is 5.91 Å². The Balaban J connectivity index is 1.85. The highest BCUT2D eigenvalue weighted by atomic mass is 16.2. The van der Waals surface area contributed by atoms with Crippen LogP contribution in [-0.2, 0) is 24.2 Å². The predicted octanol–water partition coefficient (Wildman–Crippen LogP) is 3.07. The van der Waals surface area contributed by atoms with Crippen LogP contribution in [0.3, 0.4) is 0 Å². The van der Waals surface area contributed by atoms with Crippen LogP contribution in [0.1, 0.15) is 42.8 Å². The maximum absolute atomic E-state index is 11.9. The molecule has 0 N–H and O–H groups in total.